The molecule has 2 rings (SSSR count). The first-order chi connectivity index (χ1) is 10.1. The highest BCUT2D eigenvalue weighted by atomic mass is 35.5. The number of amides is 1. The van der Waals surface area contributed by atoms with Crippen molar-refractivity contribution >= 4 is 41.7 Å². The number of benzene rings is 1. The predicted octanol–water partition coefficient (Wildman–Crippen LogP) is 2.89. The van der Waals surface area contributed by atoms with Crippen molar-refractivity contribution in [3.63, 3.8) is 0 Å². The van der Waals surface area contributed by atoms with Gasteiger partial charge in [-0.25, -0.2) is 4.68 Å². The van der Waals surface area contributed by atoms with E-state index in [0.717, 1.165) is 0 Å². The maximum atomic E-state index is 11.7. The third-order valence-electron chi connectivity index (χ3n) is 2.54. The molecular weight excluding hydrogens is 333 g/mol. The Bertz CT molecular complexity index is 634. The molecule has 2 aromatic rings. The van der Waals surface area contributed by atoms with E-state index < -0.39 is 0 Å². The van der Waals surface area contributed by atoms with E-state index in [1.54, 1.807) is 30.5 Å². The van der Waals surface area contributed by atoms with E-state index in [1.807, 2.05) is 0 Å². The smallest absolute Gasteiger partial charge is 0.271 e. The number of thiol groups is 1. The number of halogens is 2. The van der Waals surface area contributed by atoms with Crippen molar-refractivity contribution in [3.05, 3.63) is 46.2 Å². The molecule has 112 valence electrons. The number of hydrogen-bond acceptors (Lipinski definition) is 4. The third kappa shape index (κ3) is 4.30. The van der Waals surface area contributed by atoms with Gasteiger partial charge < -0.3 is 10.1 Å². The van der Waals surface area contributed by atoms with Gasteiger partial charge in [-0.05, 0) is 18.2 Å². The van der Waals surface area contributed by atoms with E-state index in [2.05, 4.69) is 23.0 Å². The Hall–Kier alpha value is -1.37. The quantitative estimate of drug-likeness (QED) is 0.791. The summed E-state index contributed by atoms with van der Waals surface area (Å²) in [6.07, 6.45) is 1.65. The summed E-state index contributed by atoms with van der Waals surface area (Å²) in [5, 5.41) is 7.55. The lowest BCUT2D eigenvalue weighted by Gasteiger charge is -2.08. The first kappa shape index (κ1) is 16.0. The second-order valence-electron chi connectivity index (χ2n) is 4.05. The van der Waals surface area contributed by atoms with E-state index in [0.29, 0.717) is 33.8 Å². The standard InChI is InChI=1S/C13H13Cl2N3O2S/c14-9-2-1-3-11(12(9)15)20-8-18-6-4-10(17-18)13(19)16-5-7-21/h1-4,6,21H,5,7-8H2,(H,16,19). The van der Waals surface area contributed by atoms with Gasteiger partial charge in [-0.1, -0.05) is 29.3 Å². The molecular formula is C13H13Cl2N3O2S. The van der Waals surface area contributed by atoms with E-state index in [-0.39, 0.29) is 12.6 Å². The van der Waals surface area contributed by atoms with Gasteiger partial charge in [0, 0.05) is 18.5 Å². The summed E-state index contributed by atoms with van der Waals surface area (Å²) >= 11 is 15.9. The predicted molar refractivity (Wildman–Crippen MR) is 85.5 cm³/mol. The summed E-state index contributed by atoms with van der Waals surface area (Å²) in [7, 11) is 0. The normalized spacial score (nSPS) is 10.4. The number of nitrogens with zero attached hydrogens (tertiary/aromatic N) is 2. The number of carbonyl (C=O) groups excluding carboxylic acids is 1. The molecule has 1 aromatic heterocycles. The highest BCUT2D eigenvalue weighted by Gasteiger charge is 2.09. The molecule has 1 N–H and O–H groups in total. The van der Waals surface area contributed by atoms with Crippen molar-refractivity contribution in [1.29, 1.82) is 0 Å². The minimum Gasteiger partial charge on any atom is -0.470 e. The van der Waals surface area contributed by atoms with Crippen LogP contribution < -0.4 is 10.1 Å². The molecule has 21 heavy (non-hydrogen) atoms. The van der Waals surface area contributed by atoms with Gasteiger partial charge in [-0.2, -0.15) is 17.7 Å². The largest absolute Gasteiger partial charge is 0.470 e. The summed E-state index contributed by atoms with van der Waals surface area (Å²) in [5.74, 6) is 0.785. The zero-order valence-electron chi connectivity index (χ0n) is 10.9. The molecule has 0 saturated heterocycles. The molecule has 0 bridgehead atoms. The van der Waals surface area contributed by atoms with Gasteiger partial charge in [0.2, 0.25) is 0 Å². The maximum Gasteiger partial charge on any atom is 0.271 e. The summed E-state index contributed by atoms with van der Waals surface area (Å²) in [6, 6.07) is 6.73. The SMILES string of the molecule is O=C(NCCS)c1ccn(COc2cccc(Cl)c2Cl)n1. The molecule has 0 fully saturated rings. The van der Waals surface area contributed by atoms with Crippen molar-refractivity contribution in [2.45, 2.75) is 6.73 Å². The Balaban J connectivity index is 1.97. The van der Waals surface area contributed by atoms with Crippen LogP contribution in [-0.2, 0) is 6.73 Å². The number of nitrogens with one attached hydrogen (secondary N) is 1. The minimum atomic E-state index is -0.247. The third-order valence-corrected chi connectivity index (χ3v) is 3.56. The fourth-order valence-electron chi connectivity index (χ4n) is 1.55. The molecule has 0 spiro atoms. The van der Waals surface area contributed by atoms with Crippen molar-refractivity contribution in [3.8, 4) is 5.75 Å². The fourth-order valence-corrected chi connectivity index (χ4v) is 2.00. The first-order valence-electron chi connectivity index (χ1n) is 6.11. The summed E-state index contributed by atoms with van der Waals surface area (Å²) < 4.78 is 7.01. The minimum absolute atomic E-state index is 0.125. The Morgan fingerprint density at radius 3 is 2.95 bits per heavy atom. The molecule has 0 unspecified atom stereocenters. The zero-order valence-corrected chi connectivity index (χ0v) is 13.3. The molecule has 8 heteroatoms. The van der Waals surface area contributed by atoms with E-state index in [9.17, 15) is 4.79 Å². The maximum absolute atomic E-state index is 11.7. The van der Waals surface area contributed by atoms with E-state index >= 15 is 0 Å². The van der Waals surface area contributed by atoms with Crippen LogP contribution in [0.1, 0.15) is 10.5 Å². The van der Waals surface area contributed by atoms with Gasteiger partial charge in [-0.3, -0.25) is 4.79 Å². The second-order valence-corrected chi connectivity index (χ2v) is 5.28. The molecule has 1 amide bonds. The second kappa shape index (κ2) is 7.59. The van der Waals surface area contributed by atoms with Crippen LogP contribution in [0, 0.1) is 0 Å². The zero-order chi connectivity index (χ0) is 15.2. The summed E-state index contributed by atoms with van der Waals surface area (Å²) in [5.41, 5.74) is 0.317. The average molecular weight is 346 g/mol. The highest BCUT2D eigenvalue weighted by molar-refractivity contribution is 7.80. The lowest BCUT2D eigenvalue weighted by atomic mass is 10.3. The van der Waals surface area contributed by atoms with Gasteiger partial charge >= 0.3 is 0 Å². The van der Waals surface area contributed by atoms with Gasteiger partial charge in [0.05, 0.1) is 5.02 Å². The van der Waals surface area contributed by atoms with Crippen LogP contribution in [0.25, 0.3) is 0 Å². The fraction of sp³-hybridized carbons (Fsp3) is 0.231. The number of aromatic nitrogens is 2. The monoisotopic (exact) mass is 345 g/mol. The Labute approximate surface area is 137 Å². The molecule has 0 aliphatic rings. The molecule has 0 atom stereocenters. The van der Waals surface area contributed by atoms with Crippen molar-refractivity contribution in [2.24, 2.45) is 0 Å². The highest BCUT2D eigenvalue weighted by Crippen LogP contribution is 2.31. The van der Waals surface area contributed by atoms with Crippen molar-refractivity contribution in [2.75, 3.05) is 12.3 Å². The average Bonchev–Trinajstić information content (AvgIpc) is 2.95. The Morgan fingerprint density at radius 2 is 2.19 bits per heavy atom. The van der Waals surface area contributed by atoms with Gasteiger partial charge in [0.1, 0.15) is 16.5 Å². The van der Waals surface area contributed by atoms with Gasteiger partial charge in [0.15, 0.2) is 6.73 Å². The molecule has 0 aliphatic heterocycles. The molecule has 5 nitrogen and oxygen atoms in total. The van der Waals surface area contributed by atoms with E-state index in [4.69, 9.17) is 27.9 Å². The van der Waals surface area contributed by atoms with Crippen LogP contribution in [0.15, 0.2) is 30.5 Å². The molecule has 0 aliphatic carbocycles. The number of hydrogen-bond donors (Lipinski definition) is 2. The van der Waals surface area contributed by atoms with Crippen molar-refractivity contribution < 1.29 is 9.53 Å². The molecule has 0 radical (unpaired) electrons. The van der Waals surface area contributed by atoms with Crippen LogP contribution in [0.2, 0.25) is 10.0 Å². The van der Waals surface area contributed by atoms with Crippen molar-refractivity contribution in [1.82, 2.24) is 15.1 Å². The molecule has 1 heterocycles. The lowest BCUT2D eigenvalue weighted by Crippen LogP contribution is -2.26. The lowest BCUT2D eigenvalue weighted by molar-refractivity contribution is 0.0949. The topological polar surface area (TPSA) is 56.2 Å². The summed E-state index contributed by atoms with van der Waals surface area (Å²) in [6.45, 7) is 0.614. The Kier molecular flexibility index (Phi) is 5.78. The number of ether oxygens (including phenoxy) is 1. The van der Waals surface area contributed by atoms with Crippen LogP contribution in [-0.4, -0.2) is 28.0 Å². The van der Waals surface area contributed by atoms with Crippen LogP contribution in [0.3, 0.4) is 0 Å². The van der Waals surface area contributed by atoms with E-state index in [1.165, 1.54) is 4.68 Å². The first-order valence-corrected chi connectivity index (χ1v) is 7.50. The van der Waals surface area contributed by atoms with Crippen LogP contribution in [0.4, 0.5) is 0 Å². The Morgan fingerprint density at radius 1 is 1.38 bits per heavy atom. The van der Waals surface area contributed by atoms with Gasteiger partial charge in [0.25, 0.3) is 5.91 Å². The molecule has 0 saturated carbocycles. The van der Waals surface area contributed by atoms with Gasteiger partial charge in [-0.15, -0.1) is 0 Å². The number of carbonyl (C=O) groups is 1. The summed E-state index contributed by atoms with van der Waals surface area (Å²) in [4.78, 5) is 11.7. The molecule has 1 aromatic carbocycles. The van der Waals surface area contributed by atoms with Crippen LogP contribution >= 0.6 is 35.8 Å². The number of rotatable bonds is 6. The van der Waals surface area contributed by atoms with Crippen LogP contribution in [0.5, 0.6) is 5.75 Å².